The second kappa shape index (κ2) is 8.66. The monoisotopic (exact) mass is 428 g/mol. The number of aromatic nitrogens is 3. The van der Waals surface area contributed by atoms with E-state index in [1.54, 1.807) is 32.9 Å². The molecule has 0 saturated heterocycles. The molecule has 3 rings (SSSR count). The Balaban J connectivity index is 1.59. The zero-order valence-electron chi connectivity index (χ0n) is 17.5. The minimum absolute atomic E-state index is 0.121. The first kappa shape index (κ1) is 22.1. The lowest BCUT2D eigenvalue weighted by Gasteiger charge is -2.21. The summed E-state index contributed by atoms with van der Waals surface area (Å²) in [6.45, 7) is 6.00. The quantitative estimate of drug-likeness (QED) is 0.386. The topological polar surface area (TPSA) is 140 Å². The minimum atomic E-state index is -1.23. The first-order chi connectivity index (χ1) is 14.5. The first-order valence-corrected chi connectivity index (χ1v) is 9.86. The summed E-state index contributed by atoms with van der Waals surface area (Å²) in [5.41, 5.74) is -0.362. The van der Waals surface area contributed by atoms with Gasteiger partial charge in [0.25, 0.3) is 0 Å². The van der Waals surface area contributed by atoms with Crippen LogP contribution in [0.2, 0.25) is 0 Å². The second-order valence-corrected chi connectivity index (χ2v) is 8.21. The van der Waals surface area contributed by atoms with E-state index in [2.05, 4.69) is 15.4 Å². The van der Waals surface area contributed by atoms with E-state index in [4.69, 9.17) is 9.84 Å². The molecular weight excluding hydrogens is 404 g/mol. The smallest absolute Gasteiger partial charge is 0.356 e. The number of carbonyl (C=O) groups excluding carboxylic acids is 3. The van der Waals surface area contributed by atoms with Crippen LogP contribution in [0.4, 0.5) is 5.82 Å². The van der Waals surface area contributed by atoms with Crippen molar-refractivity contribution in [1.82, 2.24) is 14.8 Å². The van der Waals surface area contributed by atoms with Gasteiger partial charge in [0.2, 0.25) is 0 Å². The maximum atomic E-state index is 12.8. The molecule has 31 heavy (non-hydrogen) atoms. The molecule has 164 valence electrons. The standard InChI is InChI=1S/C21H24N4O6/c1-21(2,3)31-17(26)6-8-22-16-5-4-12(11-23-16)18(27)13-7-9-25-15(19(13)28)10-14(24-25)20(29)30/h4-5,10-11,13H,6-9H2,1-3H3,(H,22,23)(H,29,30). The molecule has 0 aromatic carbocycles. The normalized spacial score (nSPS) is 15.8. The highest BCUT2D eigenvalue weighted by molar-refractivity contribution is 6.16. The maximum Gasteiger partial charge on any atom is 0.356 e. The Bertz CT molecular complexity index is 1020. The van der Waals surface area contributed by atoms with Gasteiger partial charge in [-0.3, -0.25) is 19.1 Å². The Kier molecular flexibility index (Phi) is 6.19. The molecule has 3 heterocycles. The van der Waals surface area contributed by atoms with Crippen molar-refractivity contribution in [3.05, 3.63) is 41.3 Å². The first-order valence-electron chi connectivity index (χ1n) is 9.86. The molecule has 10 nitrogen and oxygen atoms in total. The van der Waals surface area contributed by atoms with Crippen molar-refractivity contribution in [3.63, 3.8) is 0 Å². The highest BCUT2D eigenvalue weighted by Gasteiger charge is 2.35. The molecule has 1 aliphatic heterocycles. The van der Waals surface area contributed by atoms with Crippen molar-refractivity contribution in [3.8, 4) is 0 Å². The van der Waals surface area contributed by atoms with Crippen LogP contribution in [0.15, 0.2) is 24.4 Å². The lowest BCUT2D eigenvalue weighted by molar-refractivity contribution is -0.154. The number of hydrogen-bond acceptors (Lipinski definition) is 8. The number of nitrogens with one attached hydrogen (secondary N) is 1. The minimum Gasteiger partial charge on any atom is -0.476 e. The van der Waals surface area contributed by atoms with Gasteiger partial charge >= 0.3 is 11.9 Å². The van der Waals surface area contributed by atoms with E-state index in [1.807, 2.05) is 0 Å². The van der Waals surface area contributed by atoms with E-state index in [1.165, 1.54) is 16.9 Å². The number of Topliss-reactive ketones (excluding diaryl/α,β-unsaturated/α-hetero) is 2. The summed E-state index contributed by atoms with van der Waals surface area (Å²) >= 11 is 0. The number of ether oxygens (including phenoxy) is 1. The largest absolute Gasteiger partial charge is 0.476 e. The molecule has 0 fully saturated rings. The van der Waals surface area contributed by atoms with Gasteiger partial charge in [0.1, 0.15) is 17.1 Å². The predicted molar refractivity (Wildman–Crippen MR) is 109 cm³/mol. The van der Waals surface area contributed by atoms with Gasteiger partial charge in [-0.2, -0.15) is 5.10 Å². The highest BCUT2D eigenvalue weighted by atomic mass is 16.6. The van der Waals surface area contributed by atoms with Crippen molar-refractivity contribution >= 4 is 29.3 Å². The van der Waals surface area contributed by atoms with Gasteiger partial charge in [0.05, 0.1) is 12.3 Å². The molecule has 2 N–H and O–H groups in total. The van der Waals surface area contributed by atoms with Crippen LogP contribution in [0.3, 0.4) is 0 Å². The van der Waals surface area contributed by atoms with Gasteiger partial charge in [-0.05, 0) is 39.3 Å². The Morgan fingerprint density at radius 3 is 2.65 bits per heavy atom. The number of fused-ring (bicyclic) bond motifs is 1. The van der Waals surface area contributed by atoms with Crippen LogP contribution >= 0.6 is 0 Å². The molecule has 2 aromatic rings. The molecule has 0 bridgehead atoms. The van der Waals surface area contributed by atoms with E-state index < -0.39 is 23.3 Å². The molecule has 0 spiro atoms. The van der Waals surface area contributed by atoms with Crippen molar-refractivity contribution in [2.75, 3.05) is 11.9 Å². The summed E-state index contributed by atoms with van der Waals surface area (Å²) < 4.78 is 6.55. The zero-order chi connectivity index (χ0) is 22.8. The van der Waals surface area contributed by atoms with E-state index in [0.29, 0.717) is 12.4 Å². The lowest BCUT2D eigenvalue weighted by atomic mass is 9.88. The zero-order valence-corrected chi connectivity index (χ0v) is 17.5. The highest BCUT2D eigenvalue weighted by Crippen LogP contribution is 2.25. The molecule has 1 atom stereocenters. The van der Waals surface area contributed by atoms with Gasteiger partial charge in [-0.25, -0.2) is 9.78 Å². The molecule has 1 unspecified atom stereocenters. The third kappa shape index (κ3) is 5.33. The maximum absolute atomic E-state index is 12.8. The van der Waals surface area contributed by atoms with E-state index in [0.717, 1.165) is 0 Å². The number of ketones is 2. The van der Waals surface area contributed by atoms with Crippen molar-refractivity contribution in [2.45, 2.75) is 45.8 Å². The number of hydrogen-bond donors (Lipinski definition) is 2. The fraction of sp³-hybridized carbons (Fsp3) is 0.429. The molecule has 1 aliphatic rings. The lowest BCUT2D eigenvalue weighted by Crippen LogP contribution is -2.32. The Morgan fingerprint density at radius 2 is 2.03 bits per heavy atom. The number of rotatable bonds is 7. The average Bonchev–Trinajstić information content (AvgIpc) is 3.13. The summed E-state index contributed by atoms with van der Waals surface area (Å²) in [6.07, 6.45) is 1.78. The van der Waals surface area contributed by atoms with Crippen LogP contribution in [-0.2, 0) is 16.1 Å². The van der Waals surface area contributed by atoms with Crippen LogP contribution in [0, 0.1) is 5.92 Å². The SMILES string of the molecule is CC(C)(C)OC(=O)CCNc1ccc(C(=O)C2CCn3nc(C(=O)O)cc3C2=O)cn1. The van der Waals surface area contributed by atoms with E-state index in [-0.39, 0.29) is 48.1 Å². The summed E-state index contributed by atoms with van der Waals surface area (Å²) in [7, 11) is 0. The van der Waals surface area contributed by atoms with Gasteiger partial charge in [0, 0.05) is 30.9 Å². The Morgan fingerprint density at radius 1 is 1.29 bits per heavy atom. The van der Waals surface area contributed by atoms with Gasteiger partial charge in [-0.15, -0.1) is 0 Å². The number of nitrogens with zero attached hydrogens (tertiary/aromatic N) is 3. The summed E-state index contributed by atoms with van der Waals surface area (Å²) in [5, 5.41) is 15.9. The Hall–Kier alpha value is -3.56. The van der Waals surface area contributed by atoms with Gasteiger partial charge in [0.15, 0.2) is 17.3 Å². The van der Waals surface area contributed by atoms with Crippen molar-refractivity contribution in [1.29, 1.82) is 0 Å². The average molecular weight is 428 g/mol. The van der Waals surface area contributed by atoms with Crippen molar-refractivity contribution in [2.24, 2.45) is 5.92 Å². The number of carboxylic acids is 1. The number of carbonyl (C=O) groups is 4. The van der Waals surface area contributed by atoms with Crippen LogP contribution < -0.4 is 5.32 Å². The van der Waals surface area contributed by atoms with Gasteiger partial charge < -0.3 is 15.2 Å². The predicted octanol–water partition coefficient (Wildman–Crippen LogP) is 2.21. The summed E-state index contributed by atoms with van der Waals surface area (Å²) in [4.78, 5) is 52.5. The van der Waals surface area contributed by atoms with Crippen LogP contribution in [-0.4, -0.2) is 55.5 Å². The third-order valence-electron chi connectivity index (χ3n) is 4.62. The number of aromatic carboxylic acids is 1. The number of carboxylic acid groups (broad SMARTS) is 1. The van der Waals surface area contributed by atoms with Crippen LogP contribution in [0.25, 0.3) is 0 Å². The molecular formula is C21H24N4O6. The molecule has 0 aliphatic carbocycles. The molecule has 2 aromatic heterocycles. The van der Waals surface area contributed by atoms with Crippen LogP contribution in [0.5, 0.6) is 0 Å². The fourth-order valence-corrected chi connectivity index (χ4v) is 3.23. The number of pyridine rings is 1. The summed E-state index contributed by atoms with van der Waals surface area (Å²) in [5.74, 6) is -2.79. The van der Waals surface area contributed by atoms with Crippen molar-refractivity contribution < 1.29 is 29.0 Å². The Labute approximate surface area is 178 Å². The van der Waals surface area contributed by atoms with Gasteiger partial charge in [-0.1, -0.05) is 0 Å². The van der Waals surface area contributed by atoms with E-state index in [9.17, 15) is 19.2 Å². The molecule has 0 amide bonds. The number of anilines is 1. The fourth-order valence-electron chi connectivity index (χ4n) is 3.23. The number of esters is 1. The second-order valence-electron chi connectivity index (χ2n) is 8.21. The van der Waals surface area contributed by atoms with E-state index >= 15 is 0 Å². The third-order valence-corrected chi connectivity index (χ3v) is 4.62. The summed E-state index contributed by atoms with van der Waals surface area (Å²) in [6, 6.07) is 4.36. The van der Waals surface area contributed by atoms with Crippen LogP contribution in [0.1, 0.15) is 64.9 Å². The molecule has 0 radical (unpaired) electrons. The molecule has 10 heteroatoms. The number of aryl methyl sites for hydroxylation is 1. The molecule has 0 saturated carbocycles.